The third-order valence-electron chi connectivity index (χ3n) is 6.45. The number of carboxylic acids is 1. The molecule has 7 heteroatoms. The second-order valence-electron chi connectivity index (χ2n) is 7.98. The van der Waals surface area contributed by atoms with Crippen LogP contribution in [-0.2, 0) is 4.79 Å². The van der Waals surface area contributed by atoms with Crippen LogP contribution in [-0.4, -0.2) is 51.7 Å². The molecule has 2 aromatic heterocycles. The summed E-state index contributed by atoms with van der Waals surface area (Å²) < 4.78 is 0. The molecule has 3 aliphatic heterocycles. The number of anilines is 2. The molecule has 3 atom stereocenters. The van der Waals surface area contributed by atoms with E-state index in [-0.39, 0.29) is 0 Å². The van der Waals surface area contributed by atoms with Crippen molar-refractivity contribution in [3.05, 3.63) is 18.3 Å². The minimum Gasteiger partial charge on any atom is -0.481 e. The summed E-state index contributed by atoms with van der Waals surface area (Å²) in [4.78, 5) is 29.7. The van der Waals surface area contributed by atoms with E-state index in [1.54, 1.807) is 6.20 Å². The zero-order valence-corrected chi connectivity index (χ0v) is 14.9. The molecule has 0 radical (unpaired) electrons. The third-order valence-corrected chi connectivity index (χ3v) is 6.45. The predicted molar refractivity (Wildman–Crippen MR) is 98.3 cm³/mol. The maximum Gasteiger partial charge on any atom is 0.303 e. The SMILES string of the molecule is CC1CCN1c1nc(N2CC3CC(C2)C3CC(=O)O)c2cccnc2n1. The van der Waals surface area contributed by atoms with E-state index in [1.165, 1.54) is 6.42 Å². The Kier molecular flexibility index (Phi) is 3.52. The fourth-order valence-corrected chi connectivity index (χ4v) is 4.81. The first kappa shape index (κ1) is 15.8. The Morgan fingerprint density at radius 2 is 2.12 bits per heavy atom. The minimum absolute atomic E-state index is 0.297. The number of fused-ring (bicyclic) bond motifs is 3. The number of rotatable bonds is 4. The fourth-order valence-electron chi connectivity index (χ4n) is 4.81. The highest BCUT2D eigenvalue weighted by atomic mass is 16.4. The van der Waals surface area contributed by atoms with Crippen LogP contribution in [0, 0.1) is 17.8 Å². The predicted octanol–water partition coefficient (Wildman–Crippen LogP) is 2.17. The first-order chi connectivity index (χ1) is 12.6. The number of aliphatic carboxylic acids is 1. The van der Waals surface area contributed by atoms with E-state index in [4.69, 9.17) is 10.1 Å². The molecular weight excluding hydrogens is 330 g/mol. The van der Waals surface area contributed by atoms with Gasteiger partial charge in [-0.15, -0.1) is 0 Å². The Balaban J connectivity index is 1.48. The zero-order chi connectivity index (χ0) is 17.8. The summed E-state index contributed by atoms with van der Waals surface area (Å²) in [6, 6.07) is 4.44. The monoisotopic (exact) mass is 353 g/mol. The summed E-state index contributed by atoms with van der Waals surface area (Å²) in [5.41, 5.74) is 0.743. The van der Waals surface area contributed by atoms with Gasteiger partial charge in [0.1, 0.15) is 5.82 Å². The Labute approximate surface area is 152 Å². The second-order valence-corrected chi connectivity index (χ2v) is 7.98. The highest BCUT2D eigenvalue weighted by molar-refractivity contribution is 5.88. The van der Waals surface area contributed by atoms with Gasteiger partial charge in [-0.25, -0.2) is 4.98 Å². The summed E-state index contributed by atoms with van der Waals surface area (Å²) in [6.45, 7) is 4.95. The van der Waals surface area contributed by atoms with E-state index >= 15 is 0 Å². The fraction of sp³-hybridized carbons (Fsp3) is 0.579. The molecule has 0 aromatic carbocycles. The van der Waals surface area contributed by atoms with Crippen LogP contribution in [0.2, 0.25) is 0 Å². The number of piperidine rings is 2. The first-order valence-electron chi connectivity index (χ1n) is 9.46. The van der Waals surface area contributed by atoms with E-state index < -0.39 is 5.97 Å². The van der Waals surface area contributed by atoms with Crippen LogP contribution in [0.1, 0.15) is 26.2 Å². The lowest BCUT2D eigenvalue weighted by Crippen LogP contribution is -2.56. The standard InChI is InChI=1S/C19H23N5O2/c1-11-4-6-24(11)19-21-17-14(3-2-5-20-17)18(22-19)23-9-12-7-13(10-23)15(12)8-16(25)26/h2-3,5,11-13,15H,4,6-10H2,1H3,(H,25,26). The molecule has 1 aliphatic carbocycles. The average molecular weight is 353 g/mol. The van der Waals surface area contributed by atoms with Crippen LogP contribution < -0.4 is 9.80 Å². The van der Waals surface area contributed by atoms with Gasteiger partial charge in [-0.05, 0) is 49.7 Å². The summed E-state index contributed by atoms with van der Waals surface area (Å²) in [5, 5.41) is 10.1. The van der Waals surface area contributed by atoms with Gasteiger partial charge >= 0.3 is 5.97 Å². The van der Waals surface area contributed by atoms with E-state index in [0.29, 0.717) is 30.2 Å². The van der Waals surface area contributed by atoms with Crippen molar-refractivity contribution in [3.8, 4) is 0 Å². The molecule has 7 nitrogen and oxygen atoms in total. The summed E-state index contributed by atoms with van der Waals surface area (Å²) >= 11 is 0. The zero-order valence-electron chi connectivity index (χ0n) is 14.9. The molecule has 0 spiro atoms. The van der Waals surface area contributed by atoms with Crippen molar-refractivity contribution >= 4 is 28.8 Å². The van der Waals surface area contributed by atoms with Gasteiger partial charge in [0.15, 0.2) is 5.65 Å². The molecule has 1 saturated carbocycles. The molecule has 3 saturated heterocycles. The van der Waals surface area contributed by atoms with Gasteiger partial charge in [-0.2, -0.15) is 9.97 Å². The number of hydrogen-bond acceptors (Lipinski definition) is 6. The number of aromatic nitrogens is 3. The van der Waals surface area contributed by atoms with Crippen molar-refractivity contribution in [1.29, 1.82) is 0 Å². The Morgan fingerprint density at radius 1 is 1.31 bits per heavy atom. The Bertz CT molecular complexity index is 860. The topological polar surface area (TPSA) is 82.5 Å². The number of nitrogens with zero attached hydrogens (tertiary/aromatic N) is 5. The van der Waals surface area contributed by atoms with E-state index in [1.807, 2.05) is 12.1 Å². The molecule has 2 aromatic rings. The molecule has 0 amide bonds. The van der Waals surface area contributed by atoms with Crippen molar-refractivity contribution in [1.82, 2.24) is 15.0 Å². The molecule has 4 fully saturated rings. The lowest BCUT2D eigenvalue weighted by atomic mass is 9.60. The molecule has 2 bridgehead atoms. The average Bonchev–Trinajstić information content (AvgIpc) is 2.64. The third kappa shape index (κ3) is 2.40. The molecule has 1 N–H and O–H groups in total. The van der Waals surface area contributed by atoms with Gasteiger partial charge < -0.3 is 14.9 Å². The molecule has 4 aliphatic rings. The van der Waals surface area contributed by atoms with Crippen LogP contribution in [0.15, 0.2) is 18.3 Å². The summed E-state index contributed by atoms with van der Waals surface area (Å²) in [7, 11) is 0. The lowest BCUT2D eigenvalue weighted by Gasteiger charge is -2.53. The highest BCUT2D eigenvalue weighted by Gasteiger charge is 2.47. The van der Waals surface area contributed by atoms with Crippen LogP contribution in [0.5, 0.6) is 0 Å². The van der Waals surface area contributed by atoms with Gasteiger partial charge in [0.05, 0.1) is 5.39 Å². The van der Waals surface area contributed by atoms with Gasteiger partial charge in [-0.1, -0.05) is 0 Å². The number of carboxylic acid groups (broad SMARTS) is 1. The van der Waals surface area contributed by atoms with Gasteiger partial charge in [0, 0.05) is 38.3 Å². The maximum atomic E-state index is 11.1. The van der Waals surface area contributed by atoms with Crippen LogP contribution in [0.4, 0.5) is 11.8 Å². The molecule has 26 heavy (non-hydrogen) atoms. The summed E-state index contributed by atoms with van der Waals surface area (Å²) in [6.07, 6.45) is 4.39. The van der Waals surface area contributed by atoms with Crippen LogP contribution in [0.25, 0.3) is 11.0 Å². The quantitative estimate of drug-likeness (QED) is 0.902. The summed E-state index contributed by atoms with van der Waals surface area (Å²) in [5.74, 6) is 2.29. The highest BCUT2D eigenvalue weighted by Crippen LogP contribution is 2.48. The van der Waals surface area contributed by atoms with Crippen molar-refractivity contribution in [2.45, 2.75) is 32.2 Å². The first-order valence-corrected chi connectivity index (χ1v) is 9.46. The normalized spacial score (nSPS) is 30.0. The number of pyridine rings is 1. The smallest absolute Gasteiger partial charge is 0.303 e. The van der Waals surface area contributed by atoms with Gasteiger partial charge in [0.2, 0.25) is 5.95 Å². The number of carbonyl (C=O) groups is 1. The Hall–Kier alpha value is -2.44. The van der Waals surface area contributed by atoms with Crippen molar-refractivity contribution < 1.29 is 9.90 Å². The lowest BCUT2D eigenvalue weighted by molar-refractivity contribution is -0.141. The van der Waals surface area contributed by atoms with Crippen molar-refractivity contribution in [3.63, 3.8) is 0 Å². The molecular formula is C19H23N5O2. The number of hydrogen-bond donors (Lipinski definition) is 1. The molecule has 3 unspecified atom stereocenters. The van der Waals surface area contributed by atoms with Crippen molar-refractivity contribution in [2.24, 2.45) is 17.8 Å². The van der Waals surface area contributed by atoms with Gasteiger partial charge in [-0.3, -0.25) is 4.79 Å². The van der Waals surface area contributed by atoms with E-state index in [0.717, 1.165) is 48.9 Å². The van der Waals surface area contributed by atoms with E-state index in [2.05, 4.69) is 26.7 Å². The molecule has 136 valence electrons. The second kappa shape index (κ2) is 5.79. The van der Waals surface area contributed by atoms with Crippen LogP contribution >= 0.6 is 0 Å². The van der Waals surface area contributed by atoms with Crippen LogP contribution in [0.3, 0.4) is 0 Å². The van der Waals surface area contributed by atoms with Gasteiger partial charge in [0.25, 0.3) is 0 Å². The van der Waals surface area contributed by atoms with E-state index in [9.17, 15) is 4.79 Å². The largest absolute Gasteiger partial charge is 0.481 e. The van der Waals surface area contributed by atoms with Crippen molar-refractivity contribution in [2.75, 3.05) is 29.4 Å². The molecule has 5 heterocycles. The maximum absolute atomic E-state index is 11.1. The Morgan fingerprint density at radius 3 is 2.77 bits per heavy atom. The molecule has 6 rings (SSSR count). The minimum atomic E-state index is -0.677.